The second-order valence-corrected chi connectivity index (χ2v) is 8.77. The lowest BCUT2D eigenvalue weighted by Crippen LogP contribution is -2.34. The zero-order chi connectivity index (χ0) is 21.8. The Morgan fingerprint density at radius 2 is 1.87 bits per heavy atom. The summed E-state index contributed by atoms with van der Waals surface area (Å²) in [4.78, 5) is 15.3. The molecule has 1 aliphatic heterocycles. The molecule has 2 heterocycles. The van der Waals surface area contributed by atoms with Crippen molar-refractivity contribution < 1.29 is 14.3 Å². The number of aromatic nitrogens is 2. The summed E-state index contributed by atoms with van der Waals surface area (Å²) < 4.78 is 12.5. The van der Waals surface area contributed by atoms with Gasteiger partial charge in [0.2, 0.25) is 0 Å². The van der Waals surface area contributed by atoms with Gasteiger partial charge in [-0.25, -0.2) is 0 Å². The average molecular weight is 438 g/mol. The number of amides is 1. The lowest BCUT2D eigenvalue weighted by atomic mass is 10.1. The van der Waals surface area contributed by atoms with Crippen LogP contribution in [0.2, 0.25) is 0 Å². The minimum absolute atomic E-state index is 0.0115. The third kappa shape index (κ3) is 4.56. The first-order valence-corrected chi connectivity index (χ1v) is 11.4. The highest BCUT2D eigenvalue weighted by Crippen LogP contribution is 2.35. The second kappa shape index (κ2) is 9.47. The first-order valence-electron chi connectivity index (χ1n) is 10.3. The van der Waals surface area contributed by atoms with Crippen LogP contribution in [0.1, 0.15) is 27.7 Å². The van der Waals surface area contributed by atoms with E-state index in [4.69, 9.17) is 9.47 Å². The molecule has 0 saturated carbocycles. The Bertz CT molecular complexity index is 1050. The molecule has 0 N–H and O–H groups in total. The number of carbonyl (C=O) groups excluding carboxylic acids is 1. The fourth-order valence-electron chi connectivity index (χ4n) is 3.88. The molecule has 31 heavy (non-hydrogen) atoms. The molecule has 2 aromatic carbocycles. The number of benzene rings is 2. The molecule has 0 radical (unpaired) electrons. The van der Waals surface area contributed by atoms with Crippen molar-refractivity contribution in [1.29, 1.82) is 0 Å². The second-order valence-electron chi connectivity index (χ2n) is 7.46. The van der Waals surface area contributed by atoms with Gasteiger partial charge in [-0.2, -0.15) is 16.9 Å². The van der Waals surface area contributed by atoms with E-state index in [9.17, 15) is 4.79 Å². The zero-order valence-corrected chi connectivity index (χ0v) is 18.9. The Labute approximate surface area is 187 Å². The van der Waals surface area contributed by atoms with Gasteiger partial charge in [0.05, 0.1) is 19.9 Å². The summed E-state index contributed by atoms with van der Waals surface area (Å²) in [6, 6.07) is 17.9. The van der Waals surface area contributed by atoms with Crippen LogP contribution >= 0.6 is 11.8 Å². The number of carbonyl (C=O) groups is 1. The molecular formula is C24H27N3O3S. The lowest BCUT2D eigenvalue weighted by molar-refractivity contribution is 0.0755. The fraction of sp³-hybridized carbons (Fsp3) is 0.333. The van der Waals surface area contributed by atoms with Crippen molar-refractivity contribution >= 4 is 17.7 Å². The molecule has 6 nitrogen and oxygen atoms in total. The predicted molar refractivity (Wildman–Crippen MR) is 124 cm³/mol. The monoisotopic (exact) mass is 437 g/mol. The Hall–Kier alpha value is -2.93. The summed E-state index contributed by atoms with van der Waals surface area (Å²) in [7, 11) is 5.06. The highest BCUT2D eigenvalue weighted by Gasteiger charge is 2.25. The van der Waals surface area contributed by atoms with Gasteiger partial charge < -0.3 is 14.4 Å². The van der Waals surface area contributed by atoms with E-state index >= 15 is 0 Å². The Morgan fingerprint density at radius 1 is 1.06 bits per heavy atom. The van der Waals surface area contributed by atoms with Crippen LogP contribution < -0.4 is 9.47 Å². The maximum absolute atomic E-state index is 13.3. The normalized spacial score (nSPS) is 16.6. The van der Waals surface area contributed by atoms with Crippen LogP contribution in [0, 0.1) is 0 Å². The van der Waals surface area contributed by atoms with Gasteiger partial charge in [0, 0.05) is 36.7 Å². The van der Waals surface area contributed by atoms with E-state index in [1.54, 1.807) is 18.9 Å². The Morgan fingerprint density at radius 3 is 2.61 bits per heavy atom. The molecule has 1 aliphatic rings. The van der Waals surface area contributed by atoms with E-state index in [1.807, 2.05) is 54.0 Å². The largest absolute Gasteiger partial charge is 0.497 e. The molecular weight excluding hydrogens is 410 g/mol. The summed E-state index contributed by atoms with van der Waals surface area (Å²) in [5, 5.41) is 5.01. The van der Waals surface area contributed by atoms with Gasteiger partial charge in [-0.3, -0.25) is 9.48 Å². The molecule has 7 heteroatoms. The predicted octanol–water partition coefficient (Wildman–Crippen LogP) is 4.42. The van der Waals surface area contributed by atoms with E-state index in [-0.39, 0.29) is 5.91 Å². The van der Waals surface area contributed by atoms with Gasteiger partial charge in [0.1, 0.15) is 17.2 Å². The van der Waals surface area contributed by atoms with Crippen LogP contribution in [0.3, 0.4) is 0 Å². The SMILES string of the molecule is COc1ccc(OC)c(-c2cc(C(=O)N3CCSC(c4ccccc4)CC3)n(C)n2)c1. The summed E-state index contributed by atoms with van der Waals surface area (Å²) in [5.41, 5.74) is 3.39. The van der Waals surface area contributed by atoms with E-state index in [0.717, 1.165) is 30.8 Å². The van der Waals surface area contributed by atoms with Gasteiger partial charge in [0.25, 0.3) is 5.91 Å². The topological polar surface area (TPSA) is 56.6 Å². The molecule has 4 rings (SSSR count). The summed E-state index contributed by atoms with van der Waals surface area (Å²) in [5.74, 6) is 2.33. The van der Waals surface area contributed by atoms with Crippen LogP contribution in [-0.2, 0) is 7.05 Å². The lowest BCUT2D eigenvalue weighted by Gasteiger charge is -2.20. The Kier molecular flexibility index (Phi) is 6.51. The summed E-state index contributed by atoms with van der Waals surface area (Å²) >= 11 is 1.92. The minimum atomic E-state index is 0.0115. The first kappa shape index (κ1) is 21.3. The smallest absolute Gasteiger partial charge is 0.272 e. The highest BCUT2D eigenvalue weighted by atomic mass is 32.2. The number of hydrogen-bond donors (Lipinski definition) is 0. The van der Waals surface area contributed by atoms with Crippen molar-refractivity contribution in [3.8, 4) is 22.8 Å². The van der Waals surface area contributed by atoms with Crippen molar-refractivity contribution in [1.82, 2.24) is 14.7 Å². The van der Waals surface area contributed by atoms with Crippen molar-refractivity contribution in [3.63, 3.8) is 0 Å². The third-order valence-corrected chi connectivity index (χ3v) is 6.91. The average Bonchev–Trinajstić information content (AvgIpc) is 3.03. The number of methoxy groups -OCH3 is 2. The van der Waals surface area contributed by atoms with Crippen LogP contribution in [0.15, 0.2) is 54.6 Å². The van der Waals surface area contributed by atoms with Crippen LogP contribution in [0.4, 0.5) is 0 Å². The van der Waals surface area contributed by atoms with Gasteiger partial charge in [0.15, 0.2) is 0 Å². The van der Waals surface area contributed by atoms with Crippen LogP contribution in [0.5, 0.6) is 11.5 Å². The molecule has 1 saturated heterocycles. The van der Waals surface area contributed by atoms with Crippen molar-refractivity contribution in [2.24, 2.45) is 7.05 Å². The number of thioether (sulfide) groups is 1. The quantitative estimate of drug-likeness (QED) is 0.591. The Balaban J connectivity index is 1.54. The van der Waals surface area contributed by atoms with E-state index < -0.39 is 0 Å². The molecule has 1 fully saturated rings. The molecule has 1 unspecified atom stereocenters. The number of hydrogen-bond acceptors (Lipinski definition) is 5. The van der Waals surface area contributed by atoms with Crippen LogP contribution in [-0.4, -0.2) is 53.6 Å². The van der Waals surface area contributed by atoms with E-state index in [0.29, 0.717) is 28.1 Å². The molecule has 0 bridgehead atoms. The number of rotatable bonds is 5. The van der Waals surface area contributed by atoms with Crippen molar-refractivity contribution in [3.05, 3.63) is 65.9 Å². The highest BCUT2D eigenvalue weighted by molar-refractivity contribution is 7.99. The number of ether oxygens (including phenoxy) is 2. The molecule has 1 atom stereocenters. The van der Waals surface area contributed by atoms with Gasteiger partial charge >= 0.3 is 0 Å². The third-order valence-electron chi connectivity index (χ3n) is 5.58. The fourth-order valence-corrected chi connectivity index (χ4v) is 5.11. The molecule has 3 aromatic rings. The van der Waals surface area contributed by atoms with Gasteiger partial charge in [-0.15, -0.1) is 0 Å². The van der Waals surface area contributed by atoms with Gasteiger partial charge in [-0.05, 0) is 36.2 Å². The minimum Gasteiger partial charge on any atom is -0.497 e. The van der Waals surface area contributed by atoms with Gasteiger partial charge in [-0.1, -0.05) is 30.3 Å². The van der Waals surface area contributed by atoms with Crippen LogP contribution in [0.25, 0.3) is 11.3 Å². The summed E-state index contributed by atoms with van der Waals surface area (Å²) in [6.07, 6.45) is 0.939. The first-order chi connectivity index (χ1) is 15.1. The van der Waals surface area contributed by atoms with E-state index in [2.05, 4.69) is 29.4 Å². The number of nitrogens with zero attached hydrogens (tertiary/aromatic N) is 3. The molecule has 1 amide bonds. The molecule has 1 aromatic heterocycles. The molecule has 0 aliphatic carbocycles. The molecule has 162 valence electrons. The number of aryl methyl sites for hydroxylation is 1. The van der Waals surface area contributed by atoms with Crippen molar-refractivity contribution in [2.75, 3.05) is 33.1 Å². The zero-order valence-electron chi connectivity index (χ0n) is 18.1. The maximum atomic E-state index is 13.3. The summed E-state index contributed by atoms with van der Waals surface area (Å²) in [6.45, 7) is 1.46. The van der Waals surface area contributed by atoms with E-state index in [1.165, 1.54) is 5.56 Å². The van der Waals surface area contributed by atoms with Crippen molar-refractivity contribution in [2.45, 2.75) is 11.7 Å². The maximum Gasteiger partial charge on any atom is 0.272 e. The molecule has 0 spiro atoms. The standard InChI is InChI=1S/C24H27N3O3S/c1-26-21(16-20(25-26)19-15-18(29-2)9-10-22(19)30-3)24(28)27-12-11-23(31-14-13-27)17-7-5-4-6-8-17/h4-10,15-16,23H,11-14H2,1-3H3.